The second kappa shape index (κ2) is 9.84. The van der Waals surface area contributed by atoms with Gasteiger partial charge in [0, 0.05) is 12.6 Å². The first kappa shape index (κ1) is 23.1. The van der Waals surface area contributed by atoms with E-state index in [1.54, 1.807) is 42.7 Å². The molecule has 1 N–H and O–H groups in total. The second-order valence-electron chi connectivity index (χ2n) is 7.50. The molecule has 0 saturated carbocycles. The Bertz CT molecular complexity index is 1350. The largest absolute Gasteiger partial charge is 0.495 e. The molecule has 0 unspecified atom stereocenters. The molecule has 4 rings (SSSR count). The predicted molar refractivity (Wildman–Crippen MR) is 129 cm³/mol. The van der Waals surface area contributed by atoms with Crippen LogP contribution in [0.5, 0.6) is 5.75 Å². The Morgan fingerprint density at radius 3 is 2.24 bits per heavy atom. The number of amides is 1. The number of anilines is 1. The minimum atomic E-state index is -3.86. The lowest BCUT2D eigenvalue weighted by Crippen LogP contribution is -2.29. The number of hydrogen-bond acceptors (Lipinski definition) is 5. The second-order valence-corrected chi connectivity index (χ2v) is 9.47. The van der Waals surface area contributed by atoms with E-state index in [1.807, 2.05) is 30.3 Å². The fourth-order valence-electron chi connectivity index (χ4n) is 3.59. The highest BCUT2D eigenvalue weighted by molar-refractivity contribution is 7.92. The number of carbonyl (C=O) groups is 1. The van der Waals surface area contributed by atoms with E-state index in [-0.39, 0.29) is 10.8 Å². The Morgan fingerprint density at radius 1 is 0.912 bits per heavy atom. The zero-order chi connectivity index (χ0) is 24.1. The number of para-hydroxylation sites is 2. The number of nitrogens with one attached hydrogen (secondary N) is 1. The van der Waals surface area contributed by atoms with E-state index in [1.165, 1.54) is 38.4 Å². The van der Waals surface area contributed by atoms with Crippen LogP contribution in [0.2, 0.25) is 0 Å². The van der Waals surface area contributed by atoms with E-state index in [9.17, 15) is 13.2 Å². The molecule has 3 aromatic carbocycles. The van der Waals surface area contributed by atoms with Crippen molar-refractivity contribution in [2.45, 2.75) is 10.9 Å². The molecule has 1 heterocycles. The number of methoxy groups -OCH3 is 1. The molecular weight excluding hydrogens is 452 g/mol. The van der Waals surface area contributed by atoms with Crippen molar-refractivity contribution < 1.29 is 22.4 Å². The molecular formula is C26H24N2O5S. The highest BCUT2D eigenvalue weighted by atomic mass is 32.2. The molecule has 0 aliphatic carbocycles. The molecule has 0 spiro atoms. The molecule has 174 valence electrons. The lowest BCUT2D eigenvalue weighted by Gasteiger charge is -2.22. The van der Waals surface area contributed by atoms with Gasteiger partial charge in [0.05, 0.1) is 24.0 Å². The summed E-state index contributed by atoms with van der Waals surface area (Å²) in [6, 6.07) is 25.2. The number of nitrogens with zero attached hydrogens (tertiary/aromatic N) is 1. The first-order valence-corrected chi connectivity index (χ1v) is 12.0. The van der Waals surface area contributed by atoms with Crippen LogP contribution in [0.3, 0.4) is 0 Å². The van der Waals surface area contributed by atoms with E-state index in [0.29, 0.717) is 22.8 Å². The summed E-state index contributed by atoms with van der Waals surface area (Å²) >= 11 is 0. The van der Waals surface area contributed by atoms with Gasteiger partial charge in [-0.05, 0) is 54.1 Å². The first-order chi connectivity index (χ1) is 16.4. The SMILES string of the molecule is COc1ccccc1N(C)S(=O)(=O)c1ccc(C(=O)N[C@@H](c2ccccc2)c2ccco2)cc1. The van der Waals surface area contributed by atoms with Gasteiger partial charge in [0.2, 0.25) is 0 Å². The highest BCUT2D eigenvalue weighted by Crippen LogP contribution is 2.31. The molecule has 7 nitrogen and oxygen atoms in total. The summed E-state index contributed by atoms with van der Waals surface area (Å²) in [6.45, 7) is 0. The molecule has 0 aliphatic rings. The quantitative estimate of drug-likeness (QED) is 0.400. The summed E-state index contributed by atoms with van der Waals surface area (Å²) in [4.78, 5) is 13.1. The maximum atomic E-state index is 13.2. The number of ether oxygens (including phenoxy) is 1. The smallest absolute Gasteiger partial charge is 0.264 e. The van der Waals surface area contributed by atoms with Gasteiger partial charge in [-0.25, -0.2) is 8.42 Å². The van der Waals surface area contributed by atoms with Crippen molar-refractivity contribution in [1.29, 1.82) is 0 Å². The Labute approximate surface area is 198 Å². The van der Waals surface area contributed by atoms with Crippen LogP contribution in [-0.2, 0) is 10.0 Å². The molecule has 34 heavy (non-hydrogen) atoms. The van der Waals surface area contributed by atoms with Gasteiger partial charge in [0.1, 0.15) is 17.6 Å². The topological polar surface area (TPSA) is 88.8 Å². The van der Waals surface area contributed by atoms with Gasteiger partial charge < -0.3 is 14.5 Å². The zero-order valence-electron chi connectivity index (χ0n) is 18.7. The maximum absolute atomic E-state index is 13.2. The molecule has 1 aromatic heterocycles. The summed E-state index contributed by atoms with van der Waals surface area (Å²) in [5.74, 6) is 0.680. The maximum Gasteiger partial charge on any atom is 0.264 e. The van der Waals surface area contributed by atoms with Gasteiger partial charge in [-0.15, -0.1) is 0 Å². The summed E-state index contributed by atoms with van der Waals surface area (Å²) in [5.41, 5.74) is 1.60. The zero-order valence-corrected chi connectivity index (χ0v) is 19.5. The van der Waals surface area contributed by atoms with Crippen molar-refractivity contribution in [1.82, 2.24) is 5.32 Å². The fourth-order valence-corrected chi connectivity index (χ4v) is 4.80. The molecule has 0 fully saturated rings. The summed E-state index contributed by atoms with van der Waals surface area (Å²) in [5, 5.41) is 2.96. The number of benzene rings is 3. The summed E-state index contributed by atoms with van der Waals surface area (Å²) < 4.78 is 38.3. The van der Waals surface area contributed by atoms with Crippen molar-refractivity contribution >= 4 is 21.6 Å². The molecule has 4 aromatic rings. The lowest BCUT2D eigenvalue weighted by molar-refractivity contribution is 0.0939. The van der Waals surface area contributed by atoms with Gasteiger partial charge in [0.15, 0.2) is 0 Å². The van der Waals surface area contributed by atoms with Crippen molar-refractivity contribution in [3.05, 3.63) is 114 Å². The fraction of sp³-hybridized carbons (Fsp3) is 0.115. The normalized spacial score (nSPS) is 12.1. The van der Waals surface area contributed by atoms with Gasteiger partial charge in [0.25, 0.3) is 15.9 Å². The molecule has 1 amide bonds. The number of furan rings is 1. The minimum Gasteiger partial charge on any atom is -0.495 e. The minimum absolute atomic E-state index is 0.0584. The van der Waals surface area contributed by atoms with E-state index in [4.69, 9.17) is 9.15 Å². The van der Waals surface area contributed by atoms with Crippen LogP contribution in [-0.4, -0.2) is 28.5 Å². The van der Waals surface area contributed by atoms with E-state index in [0.717, 1.165) is 9.87 Å². The highest BCUT2D eigenvalue weighted by Gasteiger charge is 2.25. The van der Waals surface area contributed by atoms with Gasteiger partial charge in [-0.2, -0.15) is 0 Å². The van der Waals surface area contributed by atoms with E-state index < -0.39 is 16.1 Å². The van der Waals surface area contributed by atoms with Crippen LogP contribution in [0.4, 0.5) is 5.69 Å². The van der Waals surface area contributed by atoms with Crippen LogP contribution in [0.15, 0.2) is 107 Å². The van der Waals surface area contributed by atoms with Gasteiger partial charge >= 0.3 is 0 Å². The average Bonchev–Trinajstić information content (AvgIpc) is 3.42. The van der Waals surface area contributed by atoms with Crippen molar-refractivity contribution in [3.8, 4) is 5.75 Å². The summed E-state index contributed by atoms with van der Waals surface area (Å²) in [7, 11) is -0.918. The molecule has 8 heteroatoms. The summed E-state index contributed by atoms with van der Waals surface area (Å²) in [6.07, 6.45) is 1.55. The molecule has 0 saturated heterocycles. The van der Waals surface area contributed by atoms with Gasteiger partial charge in [-0.3, -0.25) is 9.10 Å². The average molecular weight is 477 g/mol. The Hall–Kier alpha value is -4.04. The van der Waals surface area contributed by atoms with Crippen LogP contribution in [0.25, 0.3) is 0 Å². The van der Waals surface area contributed by atoms with Crippen molar-refractivity contribution in [3.63, 3.8) is 0 Å². The van der Waals surface area contributed by atoms with Crippen molar-refractivity contribution in [2.75, 3.05) is 18.5 Å². The third-order valence-electron chi connectivity index (χ3n) is 5.44. The van der Waals surface area contributed by atoms with Crippen LogP contribution >= 0.6 is 0 Å². The lowest BCUT2D eigenvalue weighted by atomic mass is 10.0. The van der Waals surface area contributed by atoms with Crippen molar-refractivity contribution in [2.24, 2.45) is 0 Å². The number of sulfonamides is 1. The van der Waals surface area contributed by atoms with Crippen LogP contribution in [0.1, 0.15) is 27.7 Å². The number of rotatable bonds is 8. The van der Waals surface area contributed by atoms with Crippen LogP contribution in [0, 0.1) is 0 Å². The van der Waals surface area contributed by atoms with Crippen LogP contribution < -0.4 is 14.4 Å². The number of hydrogen-bond donors (Lipinski definition) is 1. The van der Waals surface area contributed by atoms with E-state index >= 15 is 0 Å². The first-order valence-electron chi connectivity index (χ1n) is 10.5. The Balaban J connectivity index is 1.56. The number of carbonyl (C=O) groups excluding carboxylic acids is 1. The third-order valence-corrected chi connectivity index (χ3v) is 7.22. The predicted octanol–water partition coefficient (Wildman–Crippen LogP) is 4.63. The standard InChI is InChI=1S/C26H24N2O5S/c1-28(22-11-6-7-12-23(22)32-2)34(30,31)21-16-14-20(15-17-21)26(29)27-25(24-13-8-18-33-24)19-9-4-3-5-10-19/h3-18,25H,1-2H3,(H,27,29)/t25-/m0/s1. The molecule has 0 radical (unpaired) electrons. The van der Waals surface area contributed by atoms with E-state index in [2.05, 4.69) is 5.32 Å². The molecule has 1 atom stereocenters. The molecule has 0 bridgehead atoms. The van der Waals surface area contributed by atoms with Gasteiger partial charge in [-0.1, -0.05) is 42.5 Å². The molecule has 0 aliphatic heterocycles. The Morgan fingerprint density at radius 2 is 1.59 bits per heavy atom. The monoisotopic (exact) mass is 476 g/mol. The Kier molecular flexibility index (Phi) is 6.70. The third kappa shape index (κ3) is 4.67.